The van der Waals surface area contributed by atoms with Gasteiger partial charge in [0.2, 0.25) is 0 Å². The Labute approximate surface area is 176 Å². The van der Waals surface area contributed by atoms with Gasteiger partial charge in [-0.15, -0.1) is 0 Å². The van der Waals surface area contributed by atoms with Crippen LogP contribution in [0.4, 0.5) is 4.79 Å². The third-order valence-electron chi connectivity index (χ3n) is 5.64. The summed E-state index contributed by atoms with van der Waals surface area (Å²) in [5.74, 6) is 0.128. The van der Waals surface area contributed by atoms with Gasteiger partial charge >= 0.3 is 6.09 Å². The number of nitriles is 1. The van der Waals surface area contributed by atoms with Gasteiger partial charge in [0, 0.05) is 37.0 Å². The Bertz CT molecular complexity index is 1050. The number of rotatable bonds is 1. The molecule has 154 valence electrons. The third-order valence-corrected chi connectivity index (χ3v) is 5.64. The minimum Gasteiger partial charge on any atom is -0.444 e. The third kappa shape index (κ3) is 3.88. The summed E-state index contributed by atoms with van der Waals surface area (Å²) < 4.78 is 5.54. The summed E-state index contributed by atoms with van der Waals surface area (Å²) in [5, 5.41) is 12.2. The average molecular weight is 403 g/mol. The molecule has 6 heteroatoms. The molecule has 2 heterocycles. The number of nitrogens with zero attached hydrogens (tertiary/aromatic N) is 2. The fourth-order valence-electron chi connectivity index (χ4n) is 4.25. The predicted molar refractivity (Wildman–Crippen MR) is 113 cm³/mol. The second-order valence-electron chi connectivity index (χ2n) is 8.96. The topological polar surface area (TPSA) is 82.4 Å². The fourth-order valence-corrected chi connectivity index (χ4v) is 4.25. The van der Waals surface area contributed by atoms with Crippen LogP contribution in [0.3, 0.4) is 0 Å². The first-order chi connectivity index (χ1) is 14.2. The molecule has 0 bridgehead atoms. The van der Waals surface area contributed by atoms with Crippen LogP contribution in [0.1, 0.15) is 48.2 Å². The molecule has 0 radical (unpaired) electrons. The van der Waals surface area contributed by atoms with E-state index in [1.165, 1.54) is 0 Å². The van der Waals surface area contributed by atoms with Crippen LogP contribution in [0.15, 0.2) is 42.5 Å². The minimum atomic E-state index is -0.541. The van der Waals surface area contributed by atoms with Gasteiger partial charge in [-0.25, -0.2) is 4.79 Å². The van der Waals surface area contributed by atoms with Gasteiger partial charge in [0.1, 0.15) is 5.60 Å². The van der Waals surface area contributed by atoms with E-state index in [-0.39, 0.29) is 23.8 Å². The van der Waals surface area contributed by atoms with E-state index in [1.807, 2.05) is 57.2 Å². The lowest BCUT2D eigenvalue weighted by Gasteiger charge is -2.24. The fraction of sp³-hybridized carbons (Fsp3) is 0.375. The number of nitrogens with one attached hydrogen (secondary N) is 1. The number of likely N-dealkylation sites (tertiary alicyclic amines) is 1. The van der Waals surface area contributed by atoms with Crippen LogP contribution in [0.5, 0.6) is 0 Å². The average Bonchev–Trinajstić information content (AvgIpc) is 3.09. The Morgan fingerprint density at radius 2 is 1.93 bits per heavy atom. The largest absolute Gasteiger partial charge is 0.444 e. The number of carbonyl (C=O) groups excluding carboxylic acids is 2. The summed E-state index contributed by atoms with van der Waals surface area (Å²) in [6.07, 6.45) is -0.312. The summed E-state index contributed by atoms with van der Waals surface area (Å²) in [7, 11) is 0. The van der Waals surface area contributed by atoms with Crippen molar-refractivity contribution in [2.45, 2.75) is 32.3 Å². The smallest absolute Gasteiger partial charge is 0.410 e. The summed E-state index contributed by atoms with van der Waals surface area (Å²) >= 11 is 0. The van der Waals surface area contributed by atoms with Gasteiger partial charge in [0.15, 0.2) is 0 Å². The lowest BCUT2D eigenvalue weighted by atomic mass is 9.86. The van der Waals surface area contributed by atoms with Crippen LogP contribution in [0.25, 0.3) is 11.1 Å². The standard InChI is InChI=1S/C24H25N3O3/c1-24(2,3)30-23(29)27-13-18-12-26-22(28)20-10-17(7-8-19(20)21(18)14-27)16-6-4-5-15(9-16)11-25/h4-10,18,21H,12-14H2,1-3H3,(H,26,28). The van der Waals surface area contributed by atoms with Gasteiger partial charge in [-0.3, -0.25) is 4.79 Å². The van der Waals surface area contributed by atoms with Crippen molar-refractivity contribution in [1.82, 2.24) is 10.2 Å². The maximum atomic E-state index is 12.8. The Balaban J connectivity index is 1.65. The van der Waals surface area contributed by atoms with Crippen molar-refractivity contribution < 1.29 is 14.3 Å². The Hall–Kier alpha value is -3.33. The van der Waals surface area contributed by atoms with Crippen LogP contribution in [-0.2, 0) is 4.74 Å². The van der Waals surface area contributed by atoms with E-state index in [4.69, 9.17) is 10.00 Å². The van der Waals surface area contributed by atoms with Crippen molar-refractivity contribution >= 4 is 12.0 Å². The van der Waals surface area contributed by atoms with E-state index in [1.54, 1.807) is 11.0 Å². The summed E-state index contributed by atoms with van der Waals surface area (Å²) in [4.78, 5) is 27.1. The SMILES string of the molecule is CC(C)(C)OC(=O)N1CC2CNC(=O)c3cc(-c4cccc(C#N)c4)ccc3C2C1. The van der Waals surface area contributed by atoms with E-state index in [0.29, 0.717) is 30.8 Å². The lowest BCUT2D eigenvalue weighted by Crippen LogP contribution is -2.36. The van der Waals surface area contributed by atoms with Crippen molar-refractivity contribution in [3.8, 4) is 17.2 Å². The monoisotopic (exact) mass is 403 g/mol. The first kappa shape index (κ1) is 20.0. The Morgan fingerprint density at radius 1 is 1.17 bits per heavy atom. The van der Waals surface area contributed by atoms with Crippen LogP contribution >= 0.6 is 0 Å². The molecular weight excluding hydrogens is 378 g/mol. The number of ether oxygens (including phenoxy) is 1. The van der Waals surface area contributed by atoms with E-state index >= 15 is 0 Å². The van der Waals surface area contributed by atoms with E-state index in [2.05, 4.69) is 11.4 Å². The molecule has 1 fully saturated rings. The molecule has 2 atom stereocenters. The summed E-state index contributed by atoms with van der Waals surface area (Å²) in [5.41, 5.74) is 3.42. The van der Waals surface area contributed by atoms with Gasteiger partial charge in [-0.1, -0.05) is 24.3 Å². The van der Waals surface area contributed by atoms with Gasteiger partial charge in [-0.05, 0) is 55.7 Å². The van der Waals surface area contributed by atoms with Crippen LogP contribution in [0.2, 0.25) is 0 Å². The van der Waals surface area contributed by atoms with Crippen LogP contribution in [-0.4, -0.2) is 42.1 Å². The van der Waals surface area contributed by atoms with Crippen molar-refractivity contribution in [2.24, 2.45) is 5.92 Å². The second-order valence-corrected chi connectivity index (χ2v) is 8.96. The quantitative estimate of drug-likeness (QED) is 0.782. The molecule has 30 heavy (non-hydrogen) atoms. The molecular formula is C24H25N3O3. The van der Waals surface area contributed by atoms with Gasteiger partial charge in [0.05, 0.1) is 11.6 Å². The number of amides is 2. The number of fused-ring (bicyclic) bond motifs is 3. The lowest BCUT2D eigenvalue weighted by molar-refractivity contribution is 0.0287. The second kappa shape index (κ2) is 7.49. The van der Waals surface area contributed by atoms with E-state index in [9.17, 15) is 9.59 Å². The molecule has 2 aromatic rings. The first-order valence-electron chi connectivity index (χ1n) is 10.2. The Kier molecular flexibility index (Phi) is 4.98. The molecule has 2 unspecified atom stereocenters. The normalized spacial score (nSPS) is 20.5. The van der Waals surface area contributed by atoms with Gasteiger partial charge in [0.25, 0.3) is 5.91 Å². The van der Waals surface area contributed by atoms with Crippen molar-refractivity contribution in [3.63, 3.8) is 0 Å². The number of benzene rings is 2. The Morgan fingerprint density at radius 3 is 2.67 bits per heavy atom. The zero-order valence-corrected chi connectivity index (χ0v) is 17.4. The molecule has 2 aromatic carbocycles. The summed E-state index contributed by atoms with van der Waals surface area (Å²) in [6.45, 7) is 7.19. The molecule has 4 rings (SSSR count). The highest BCUT2D eigenvalue weighted by Crippen LogP contribution is 2.38. The minimum absolute atomic E-state index is 0.0750. The molecule has 0 spiro atoms. The number of hydrogen-bond acceptors (Lipinski definition) is 4. The molecule has 2 aliphatic rings. The highest BCUT2D eigenvalue weighted by molar-refractivity contribution is 5.97. The maximum absolute atomic E-state index is 12.8. The van der Waals surface area contributed by atoms with Crippen molar-refractivity contribution in [1.29, 1.82) is 5.26 Å². The highest BCUT2D eigenvalue weighted by Gasteiger charge is 2.41. The zero-order valence-electron chi connectivity index (χ0n) is 17.4. The molecule has 1 saturated heterocycles. The van der Waals surface area contributed by atoms with Crippen LogP contribution in [0, 0.1) is 17.2 Å². The van der Waals surface area contributed by atoms with Crippen molar-refractivity contribution in [2.75, 3.05) is 19.6 Å². The van der Waals surface area contributed by atoms with Gasteiger partial charge in [-0.2, -0.15) is 5.26 Å². The van der Waals surface area contributed by atoms with Crippen LogP contribution < -0.4 is 5.32 Å². The first-order valence-corrected chi connectivity index (χ1v) is 10.2. The molecule has 0 aromatic heterocycles. The highest BCUT2D eigenvalue weighted by atomic mass is 16.6. The van der Waals surface area contributed by atoms with E-state index < -0.39 is 5.60 Å². The number of hydrogen-bond donors (Lipinski definition) is 1. The molecule has 6 nitrogen and oxygen atoms in total. The number of carbonyl (C=O) groups is 2. The van der Waals surface area contributed by atoms with E-state index in [0.717, 1.165) is 16.7 Å². The van der Waals surface area contributed by atoms with Crippen molar-refractivity contribution in [3.05, 3.63) is 59.2 Å². The molecule has 2 amide bonds. The molecule has 0 aliphatic carbocycles. The molecule has 0 saturated carbocycles. The van der Waals surface area contributed by atoms with Gasteiger partial charge < -0.3 is 15.0 Å². The maximum Gasteiger partial charge on any atom is 0.410 e. The molecule has 2 aliphatic heterocycles. The zero-order chi connectivity index (χ0) is 21.5. The summed E-state index contributed by atoms with van der Waals surface area (Å²) in [6, 6.07) is 15.4. The molecule has 1 N–H and O–H groups in total. The predicted octanol–water partition coefficient (Wildman–Crippen LogP) is 3.92.